The van der Waals surface area contributed by atoms with Crippen LogP contribution in [-0.4, -0.2) is 30.9 Å². The number of aromatic nitrogens is 5. The highest BCUT2D eigenvalue weighted by molar-refractivity contribution is 5.60. The fourth-order valence-electron chi connectivity index (χ4n) is 2.53. The molecule has 2 aromatic heterocycles. The summed E-state index contributed by atoms with van der Waals surface area (Å²) in [6, 6.07) is 3.48. The van der Waals surface area contributed by atoms with Crippen LogP contribution in [0.1, 0.15) is 25.3 Å². The second-order valence-corrected chi connectivity index (χ2v) is 6.02. The standard InChI is InChI=1S/C17H19F3N6O/c1-3-4-5-27-13-7-11(6-12(8-13)17(18,19)20)15-23-10-26(24-15)16-14(21)22-9-25(16)2/h6-10H,3-5,21H2,1-2H3. The second kappa shape index (κ2) is 7.29. The number of unbranched alkanes of at least 4 members (excludes halogenated alkanes) is 1. The molecule has 144 valence electrons. The van der Waals surface area contributed by atoms with Crippen molar-refractivity contribution >= 4 is 5.82 Å². The quantitative estimate of drug-likeness (QED) is 0.662. The van der Waals surface area contributed by atoms with Gasteiger partial charge in [-0.2, -0.15) is 17.9 Å². The maximum atomic E-state index is 13.3. The average Bonchev–Trinajstić information content (AvgIpc) is 3.21. The minimum Gasteiger partial charge on any atom is -0.494 e. The molecular weight excluding hydrogens is 361 g/mol. The van der Waals surface area contributed by atoms with Crippen molar-refractivity contribution in [2.75, 3.05) is 12.3 Å². The Hall–Kier alpha value is -3.04. The van der Waals surface area contributed by atoms with Gasteiger partial charge in [-0.15, -0.1) is 5.10 Å². The third-order valence-electron chi connectivity index (χ3n) is 3.90. The molecule has 0 saturated carbocycles. The van der Waals surface area contributed by atoms with E-state index in [1.54, 1.807) is 11.6 Å². The second-order valence-electron chi connectivity index (χ2n) is 6.02. The highest BCUT2D eigenvalue weighted by atomic mass is 19.4. The Morgan fingerprint density at radius 2 is 1.93 bits per heavy atom. The summed E-state index contributed by atoms with van der Waals surface area (Å²) in [7, 11) is 1.73. The van der Waals surface area contributed by atoms with Gasteiger partial charge in [-0.05, 0) is 24.6 Å². The van der Waals surface area contributed by atoms with Gasteiger partial charge in [-0.1, -0.05) is 13.3 Å². The van der Waals surface area contributed by atoms with E-state index in [4.69, 9.17) is 10.5 Å². The molecule has 0 aliphatic rings. The monoisotopic (exact) mass is 380 g/mol. The largest absolute Gasteiger partial charge is 0.494 e. The number of benzene rings is 1. The topological polar surface area (TPSA) is 83.8 Å². The number of hydrogen-bond acceptors (Lipinski definition) is 5. The maximum absolute atomic E-state index is 13.3. The van der Waals surface area contributed by atoms with E-state index in [-0.39, 0.29) is 23.0 Å². The summed E-state index contributed by atoms with van der Waals surface area (Å²) in [5.41, 5.74) is 5.19. The predicted octanol–water partition coefficient (Wildman–Crippen LogP) is 3.45. The fraction of sp³-hybridized carbons (Fsp3) is 0.353. The van der Waals surface area contributed by atoms with Gasteiger partial charge in [0.05, 0.1) is 18.5 Å². The van der Waals surface area contributed by atoms with Crippen LogP contribution in [0.3, 0.4) is 0 Å². The van der Waals surface area contributed by atoms with Crippen LogP contribution in [-0.2, 0) is 13.2 Å². The highest BCUT2D eigenvalue weighted by Gasteiger charge is 2.32. The Kier molecular flexibility index (Phi) is 5.06. The van der Waals surface area contributed by atoms with Crippen LogP contribution in [0.25, 0.3) is 17.2 Å². The molecule has 3 rings (SSSR count). The number of nitrogens with zero attached hydrogens (tertiary/aromatic N) is 5. The molecule has 1 aromatic carbocycles. The van der Waals surface area contributed by atoms with E-state index < -0.39 is 11.7 Å². The summed E-state index contributed by atoms with van der Waals surface area (Å²) < 4.78 is 48.2. The molecule has 0 saturated heterocycles. The Labute approximate surface area is 153 Å². The highest BCUT2D eigenvalue weighted by Crippen LogP contribution is 2.35. The Morgan fingerprint density at radius 3 is 2.56 bits per heavy atom. The van der Waals surface area contributed by atoms with Crippen LogP contribution in [0.5, 0.6) is 5.75 Å². The van der Waals surface area contributed by atoms with Crippen molar-refractivity contribution in [1.29, 1.82) is 0 Å². The molecule has 0 amide bonds. The SMILES string of the molecule is CCCCOc1cc(-c2ncn(-c3c(N)ncn3C)n2)cc(C(F)(F)F)c1. The van der Waals surface area contributed by atoms with E-state index in [1.165, 1.54) is 23.4 Å². The molecule has 2 heterocycles. The zero-order valence-electron chi connectivity index (χ0n) is 14.9. The molecule has 0 spiro atoms. The van der Waals surface area contributed by atoms with Gasteiger partial charge in [0.25, 0.3) is 0 Å². The summed E-state index contributed by atoms with van der Waals surface area (Å²) in [5, 5.41) is 4.25. The van der Waals surface area contributed by atoms with Crippen LogP contribution < -0.4 is 10.5 Å². The lowest BCUT2D eigenvalue weighted by Gasteiger charge is -2.12. The van der Waals surface area contributed by atoms with Crippen LogP contribution in [0, 0.1) is 0 Å². The minimum atomic E-state index is -4.51. The first-order valence-electron chi connectivity index (χ1n) is 8.34. The van der Waals surface area contributed by atoms with Crippen molar-refractivity contribution < 1.29 is 17.9 Å². The van der Waals surface area contributed by atoms with Crippen LogP contribution >= 0.6 is 0 Å². The predicted molar refractivity (Wildman–Crippen MR) is 93.4 cm³/mol. The third kappa shape index (κ3) is 4.04. The third-order valence-corrected chi connectivity index (χ3v) is 3.90. The molecule has 7 nitrogen and oxygen atoms in total. The van der Waals surface area contributed by atoms with E-state index in [0.29, 0.717) is 12.4 Å². The number of hydrogen-bond donors (Lipinski definition) is 1. The Bertz CT molecular complexity index is 912. The van der Waals surface area contributed by atoms with Gasteiger partial charge in [0.1, 0.15) is 12.1 Å². The van der Waals surface area contributed by atoms with E-state index in [1.807, 2.05) is 6.92 Å². The normalized spacial score (nSPS) is 11.7. The lowest BCUT2D eigenvalue weighted by molar-refractivity contribution is -0.137. The van der Waals surface area contributed by atoms with Gasteiger partial charge < -0.3 is 15.0 Å². The first-order chi connectivity index (χ1) is 12.8. The van der Waals surface area contributed by atoms with Gasteiger partial charge in [0.15, 0.2) is 17.5 Å². The molecule has 0 fully saturated rings. The molecule has 3 aromatic rings. The molecule has 10 heteroatoms. The average molecular weight is 380 g/mol. The number of imidazole rings is 1. The van der Waals surface area contributed by atoms with Gasteiger partial charge in [-0.3, -0.25) is 0 Å². The summed E-state index contributed by atoms with van der Waals surface area (Å²) >= 11 is 0. The lowest BCUT2D eigenvalue weighted by Crippen LogP contribution is -2.07. The van der Waals surface area contributed by atoms with Crippen molar-refractivity contribution in [3.63, 3.8) is 0 Å². The molecule has 0 atom stereocenters. The maximum Gasteiger partial charge on any atom is 0.416 e. The molecule has 27 heavy (non-hydrogen) atoms. The Balaban J connectivity index is 1.99. The van der Waals surface area contributed by atoms with Gasteiger partial charge in [0.2, 0.25) is 0 Å². The van der Waals surface area contributed by atoms with Crippen molar-refractivity contribution in [3.8, 4) is 23.0 Å². The molecule has 0 radical (unpaired) electrons. The summed E-state index contributed by atoms with van der Waals surface area (Å²) in [6.45, 7) is 2.31. The first-order valence-corrected chi connectivity index (χ1v) is 8.34. The zero-order chi connectivity index (χ0) is 19.6. The fourth-order valence-corrected chi connectivity index (χ4v) is 2.53. The number of ether oxygens (including phenoxy) is 1. The van der Waals surface area contributed by atoms with Gasteiger partial charge in [0, 0.05) is 12.6 Å². The van der Waals surface area contributed by atoms with Crippen LogP contribution in [0.4, 0.5) is 19.0 Å². The van der Waals surface area contributed by atoms with Crippen LogP contribution in [0.15, 0.2) is 30.9 Å². The number of halogens is 3. The van der Waals surface area contributed by atoms with Crippen LogP contribution in [0.2, 0.25) is 0 Å². The number of aryl methyl sites for hydroxylation is 1. The number of nitrogen functional groups attached to an aromatic ring is 1. The molecule has 0 aliphatic heterocycles. The molecular formula is C17H19F3N6O. The Morgan fingerprint density at radius 1 is 1.15 bits per heavy atom. The first kappa shape index (κ1) is 18.7. The summed E-state index contributed by atoms with van der Waals surface area (Å²) in [6.07, 6.45) is 0.00653. The molecule has 0 bridgehead atoms. The number of rotatable bonds is 6. The van der Waals surface area contributed by atoms with Gasteiger partial charge >= 0.3 is 6.18 Å². The zero-order valence-corrected chi connectivity index (χ0v) is 14.9. The van der Waals surface area contributed by atoms with Crippen molar-refractivity contribution in [2.45, 2.75) is 25.9 Å². The van der Waals surface area contributed by atoms with E-state index >= 15 is 0 Å². The van der Waals surface area contributed by atoms with E-state index in [2.05, 4.69) is 15.1 Å². The number of alkyl halides is 3. The molecule has 0 aliphatic carbocycles. The molecule has 0 unspecified atom stereocenters. The summed E-state index contributed by atoms with van der Waals surface area (Å²) in [4.78, 5) is 8.08. The minimum absolute atomic E-state index is 0.127. The number of nitrogens with two attached hydrogens (primary N) is 1. The number of anilines is 1. The van der Waals surface area contributed by atoms with Crippen molar-refractivity contribution in [2.24, 2.45) is 7.05 Å². The smallest absolute Gasteiger partial charge is 0.416 e. The van der Waals surface area contributed by atoms with E-state index in [9.17, 15) is 13.2 Å². The molecule has 2 N–H and O–H groups in total. The lowest BCUT2D eigenvalue weighted by atomic mass is 10.1. The van der Waals surface area contributed by atoms with E-state index in [0.717, 1.165) is 25.0 Å². The van der Waals surface area contributed by atoms with Gasteiger partial charge in [-0.25, -0.2) is 9.97 Å². The van der Waals surface area contributed by atoms with Crippen molar-refractivity contribution in [1.82, 2.24) is 24.3 Å². The van der Waals surface area contributed by atoms with Crippen molar-refractivity contribution in [3.05, 3.63) is 36.4 Å². The summed E-state index contributed by atoms with van der Waals surface area (Å²) in [5.74, 6) is 0.966.